The molecule has 0 spiro atoms. The first-order chi connectivity index (χ1) is 17.0. The predicted octanol–water partition coefficient (Wildman–Crippen LogP) is 3.91. The smallest absolute Gasteiger partial charge is 0.360 e. The molecule has 1 unspecified atom stereocenters. The quantitative estimate of drug-likeness (QED) is 0.348. The average molecular weight is 519 g/mol. The lowest BCUT2D eigenvalue weighted by molar-refractivity contribution is 0.0242. The van der Waals surface area contributed by atoms with Crippen molar-refractivity contribution < 1.29 is 22.7 Å². The van der Waals surface area contributed by atoms with Crippen LogP contribution in [-0.4, -0.2) is 66.2 Å². The van der Waals surface area contributed by atoms with Crippen molar-refractivity contribution in [2.75, 3.05) is 50.8 Å². The number of benzene rings is 1. The SMILES string of the molecule is COP(=O)(OC)c1ccc(Nc2nc(N3CCOC(CF)C3)nc3c2ncn3-c2ccsc2)cc1. The number of fused-ring (bicyclic) bond motifs is 1. The monoisotopic (exact) mass is 518 g/mol. The zero-order valence-electron chi connectivity index (χ0n) is 19.1. The van der Waals surface area contributed by atoms with E-state index in [-0.39, 0.29) is 0 Å². The summed E-state index contributed by atoms with van der Waals surface area (Å²) < 4.78 is 43.4. The Labute approximate surface area is 205 Å². The molecule has 35 heavy (non-hydrogen) atoms. The highest BCUT2D eigenvalue weighted by Gasteiger charge is 2.26. The molecule has 4 aromatic rings. The molecule has 0 bridgehead atoms. The molecule has 0 aliphatic carbocycles. The number of thiophene rings is 1. The van der Waals surface area contributed by atoms with Gasteiger partial charge in [0.05, 0.1) is 17.6 Å². The standard InChI is InChI=1S/C22H24FN6O4PS/c1-31-34(30,32-2)18-5-3-15(4-6-18)25-20-19-21(29(14-24-19)16-7-10-35-13-16)27-22(26-20)28-8-9-33-17(11-23)12-28/h3-7,10,13-14,17H,8-9,11-12H2,1-2H3,(H,25,26,27). The summed E-state index contributed by atoms with van der Waals surface area (Å²) in [5.41, 5.74) is 2.85. The van der Waals surface area contributed by atoms with E-state index in [0.29, 0.717) is 53.6 Å². The fourth-order valence-electron chi connectivity index (χ4n) is 3.84. The summed E-state index contributed by atoms with van der Waals surface area (Å²) >= 11 is 1.58. The molecule has 4 heterocycles. The van der Waals surface area contributed by atoms with Crippen molar-refractivity contribution in [3.8, 4) is 5.69 Å². The van der Waals surface area contributed by atoms with Gasteiger partial charge in [0.1, 0.15) is 19.1 Å². The molecule has 10 nitrogen and oxygen atoms in total. The first-order valence-corrected chi connectivity index (χ1v) is 13.3. The fraction of sp³-hybridized carbons (Fsp3) is 0.318. The summed E-state index contributed by atoms with van der Waals surface area (Å²) in [5, 5.41) is 7.73. The lowest BCUT2D eigenvalue weighted by Crippen LogP contribution is -2.44. The van der Waals surface area contributed by atoms with Gasteiger partial charge in [0.15, 0.2) is 17.0 Å². The third-order valence-corrected chi connectivity index (χ3v) is 8.25. The number of imidazole rings is 1. The molecule has 0 amide bonds. The number of anilines is 3. The third kappa shape index (κ3) is 4.67. The first kappa shape index (κ1) is 23.8. The van der Waals surface area contributed by atoms with E-state index in [2.05, 4.69) is 10.3 Å². The van der Waals surface area contributed by atoms with Gasteiger partial charge in [-0.15, -0.1) is 0 Å². The maximum Gasteiger partial charge on any atom is 0.360 e. The second-order valence-electron chi connectivity index (χ2n) is 7.77. The molecule has 0 radical (unpaired) electrons. The summed E-state index contributed by atoms with van der Waals surface area (Å²) in [6.45, 7) is 0.719. The van der Waals surface area contributed by atoms with Gasteiger partial charge in [-0.2, -0.15) is 21.3 Å². The zero-order valence-corrected chi connectivity index (χ0v) is 20.8. The molecule has 1 saturated heterocycles. The van der Waals surface area contributed by atoms with Gasteiger partial charge < -0.3 is 24.0 Å². The van der Waals surface area contributed by atoms with Crippen molar-refractivity contribution in [2.24, 2.45) is 0 Å². The van der Waals surface area contributed by atoms with Crippen LogP contribution in [0.1, 0.15) is 0 Å². The first-order valence-electron chi connectivity index (χ1n) is 10.8. The summed E-state index contributed by atoms with van der Waals surface area (Å²) in [5.74, 6) is 0.954. The molecule has 13 heteroatoms. The highest BCUT2D eigenvalue weighted by Crippen LogP contribution is 2.45. The van der Waals surface area contributed by atoms with Gasteiger partial charge in [0.2, 0.25) is 5.95 Å². The Morgan fingerprint density at radius 2 is 2.03 bits per heavy atom. The number of nitrogens with one attached hydrogen (secondary N) is 1. The van der Waals surface area contributed by atoms with Crippen molar-refractivity contribution in [3.63, 3.8) is 0 Å². The summed E-state index contributed by atoms with van der Waals surface area (Å²) in [4.78, 5) is 16.0. The van der Waals surface area contributed by atoms with E-state index in [1.807, 2.05) is 26.3 Å². The van der Waals surface area contributed by atoms with Gasteiger partial charge in [-0.05, 0) is 35.7 Å². The van der Waals surface area contributed by atoms with Gasteiger partial charge >= 0.3 is 7.60 Å². The number of rotatable bonds is 8. The second-order valence-corrected chi connectivity index (χ2v) is 10.8. The maximum absolute atomic E-state index is 13.3. The third-order valence-electron chi connectivity index (χ3n) is 5.69. The van der Waals surface area contributed by atoms with Crippen LogP contribution < -0.4 is 15.5 Å². The Morgan fingerprint density at radius 3 is 2.71 bits per heavy atom. The van der Waals surface area contributed by atoms with Crippen molar-refractivity contribution in [1.29, 1.82) is 0 Å². The zero-order chi connectivity index (χ0) is 24.4. The summed E-state index contributed by atoms with van der Waals surface area (Å²) in [6.07, 6.45) is 1.18. The molecule has 1 atom stereocenters. The summed E-state index contributed by atoms with van der Waals surface area (Å²) in [7, 11) is -0.661. The van der Waals surface area contributed by atoms with Crippen LogP contribution in [0.5, 0.6) is 0 Å². The number of ether oxygens (including phenoxy) is 1. The van der Waals surface area contributed by atoms with Crippen LogP contribution in [0.15, 0.2) is 47.4 Å². The lowest BCUT2D eigenvalue weighted by atomic mass is 10.3. The largest absolute Gasteiger partial charge is 0.372 e. The number of morpholine rings is 1. The highest BCUT2D eigenvalue weighted by atomic mass is 32.1. The van der Waals surface area contributed by atoms with Crippen LogP contribution in [0.3, 0.4) is 0 Å². The van der Waals surface area contributed by atoms with Crippen molar-refractivity contribution in [1.82, 2.24) is 19.5 Å². The molecule has 1 aromatic carbocycles. The van der Waals surface area contributed by atoms with Crippen LogP contribution >= 0.6 is 18.9 Å². The minimum absolute atomic E-state index is 0.353. The van der Waals surface area contributed by atoms with Gasteiger partial charge in [-0.3, -0.25) is 9.13 Å². The van der Waals surface area contributed by atoms with Gasteiger partial charge in [0.25, 0.3) is 0 Å². The molecule has 1 aliphatic rings. The molecule has 1 N–H and O–H groups in total. The van der Waals surface area contributed by atoms with Crippen LogP contribution in [0.2, 0.25) is 0 Å². The number of halogens is 1. The Kier molecular flexibility index (Phi) is 6.81. The van der Waals surface area contributed by atoms with Crippen molar-refractivity contribution in [3.05, 3.63) is 47.4 Å². The van der Waals surface area contributed by atoms with Crippen molar-refractivity contribution >= 4 is 52.9 Å². The topological polar surface area (TPSA) is 104 Å². The molecule has 3 aromatic heterocycles. The number of hydrogen-bond acceptors (Lipinski definition) is 10. The lowest BCUT2D eigenvalue weighted by Gasteiger charge is -2.31. The van der Waals surface area contributed by atoms with E-state index in [1.165, 1.54) is 14.2 Å². The number of aromatic nitrogens is 4. The van der Waals surface area contributed by atoms with Crippen molar-refractivity contribution in [2.45, 2.75) is 6.10 Å². The van der Waals surface area contributed by atoms with E-state index in [9.17, 15) is 8.96 Å². The minimum Gasteiger partial charge on any atom is -0.372 e. The Hall–Kier alpha value is -2.89. The Bertz CT molecular complexity index is 1340. The van der Waals surface area contributed by atoms with Crippen LogP contribution in [0.25, 0.3) is 16.9 Å². The maximum atomic E-state index is 13.3. The molecule has 1 fully saturated rings. The van der Waals surface area contributed by atoms with E-state index in [0.717, 1.165) is 5.69 Å². The minimum atomic E-state index is -3.35. The molecule has 1 aliphatic heterocycles. The molecular formula is C22H24FN6O4PS. The van der Waals surface area contributed by atoms with Crippen LogP contribution in [0, 0.1) is 0 Å². The highest BCUT2D eigenvalue weighted by molar-refractivity contribution is 7.62. The number of nitrogens with zero attached hydrogens (tertiary/aromatic N) is 5. The van der Waals surface area contributed by atoms with Crippen LogP contribution in [-0.2, 0) is 18.3 Å². The van der Waals surface area contributed by atoms with Crippen LogP contribution in [0.4, 0.5) is 21.8 Å². The van der Waals surface area contributed by atoms with Gasteiger partial charge in [-0.1, -0.05) is 0 Å². The molecule has 5 rings (SSSR count). The normalized spacial score (nSPS) is 16.7. The fourth-order valence-corrected chi connectivity index (χ4v) is 5.56. The Morgan fingerprint density at radius 1 is 1.23 bits per heavy atom. The Balaban J connectivity index is 1.54. The number of alkyl halides is 1. The summed E-state index contributed by atoms with van der Waals surface area (Å²) in [6, 6.07) is 8.85. The number of hydrogen-bond donors (Lipinski definition) is 1. The molecule has 184 valence electrons. The average Bonchev–Trinajstić information content (AvgIpc) is 3.59. The molecule has 0 saturated carbocycles. The van der Waals surface area contributed by atoms with Gasteiger partial charge in [0, 0.05) is 38.4 Å². The van der Waals surface area contributed by atoms with E-state index < -0.39 is 20.4 Å². The van der Waals surface area contributed by atoms with Gasteiger partial charge in [-0.25, -0.2) is 9.37 Å². The van der Waals surface area contributed by atoms with E-state index >= 15 is 0 Å². The molecular weight excluding hydrogens is 494 g/mol. The van der Waals surface area contributed by atoms with E-state index in [1.54, 1.807) is 41.9 Å². The van der Waals surface area contributed by atoms with E-state index in [4.69, 9.17) is 23.8 Å². The predicted molar refractivity (Wildman–Crippen MR) is 133 cm³/mol. The second kappa shape index (κ2) is 10.00.